The number of alkyl halides is 6. The van der Waals surface area contributed by atoms with Gasteiger partial charge in [0.1, 0.15) is 23.0 Å². The van der Waals surface area contributed by atoms with E-state index in [1.54, 1.807) is 14.2 Å². The predicted molar refractivity (Wildman–Crippen MR) is 278 cm³/mol. The molecule has 2 aliphatic carbocycles. The van der Waals surface area contributed by atoms with Crippen LogP contribution in [-0.4, -0.2) is 72.2 Å². The van der Waals surface area contributed by atoms with E-state index in [1.807, 2.05) is 24.3 Å². The standard InChI is InChI=1S/2C28H34F3N3O4/c2*1-17-12-20(16-27(2,3)15-17)34-23-14-24(36-4)18(6-11-25(35)37-5)13-22(23)33-26(34)32-19-7-9-21(10-8-19)38-28(29,30)31/h2*7-10,13-14,17,20H,6,11-12,15-16H2,1-5H3,(H,32,33)/t2*17-,20+/m10/s1. The SMILES string of the molecule is COC(=O)CCc1cc2nc(Nc3ccc(OC(F)(F)F)cc3)n([C@@H]3C[C@H](C)CC(C)(C)C3)c2cc1OC.COC(=O)CCc1cc2nc(Nc3ccc(OC(F)(F)F)cc3)n([C@H]3C[C@@H](C)CC(C)(C)C3)c2cc1OC. The first kappa shape index (κ1) is 56.9. The number of aryl methyl sites for hydroxylation is 2. The van der Waals surface area contributed by atoms with Crippen molar-refractivity contribution in [1.29, 1.82) is 0 Å². The highest BCUT2D eigenvalue weighted by Crippen LogP contribution is 2.48. The van der Waals surface area contributed by atoms with E-state index in [9.17, 15) is 35.9 Å². The molecule has 2 saturated carbocycles. The maximum absolute atomic E-state index is 12.6. The molecular weight excluding hydrogens is 999 g/mol. The Morgan fingerprint density at radius 3 is 1.24 bits per heavy atom. The first-order valence-corrected chi connectivity index (χ1v) is 25.3. The molecule has 0 aliphatic heterocycles. The number of methoxy groups -OCH3 is 4. The molecule has 0 unspecified atom stereocenters. The minimum absolute atomic E-state index is 0.136. The molecule has 2 heterocycles. The summed E-state index contributed by atoms with van der Waals surface area (Å²) >= 11 is 0. The summed E-state index contributed by atoms with van der Waals surface area (Å²) in [5.41, 5.74) is 6.36. The Balaban J connectivity index is 0.000000221. The largest absolute Gasteiger partial charge is 0.573 e. The second kappa shape index (κ2) is 23.2. The molecule has 14 nitrogen and oxygen atoms in total. The highest BCUT2D eigenvalue weighted by molar-refractivity contribution is 5.84. The third-order valence-corrected chi connectivity index (χ3v) is 14.0. The van der Waals surface area contributed by atoms with Crippen LogP contribution in [0.2, 0.25) is 0 Å². The molecule has 2 aliphatic rings. The average Bonchev–Trinajstić information content (AvgIpc) is 3.86. The second-order valence-corrected chi connectivity index (χ2v) is 21.6. The number of aromatic nitrogens is 4. The highest BCUT2D eigenvalue weighted by atomic mass is 19.4. The zero-order valence-corrected chi connectivity index (χ0v) is 44.6. The van der Waals surface area contributed by atoms with Gasteiger partial charge in [-0.05, 0) is 146 Å². The maximum atomic E-state index is 12.6. The van der Waals surface area contributed by atoms with Crippen LogP contribution in [0.5, 0.6) is 23.0 Å². The number of ether oxygens (including phenoxy) is 6. The van der Waals surface area contributed by atoms with Gasteiger partial charge in [-0.25, -0.2) is 9.97 Å². The Bertz CT molecular complexity index is 2770. The number of benzene rings is 4. The minimum Gasteiger partial charge on any atom is -0.496 e. The van der Waals surface area contributed by atoms with Gasteiger partial charge in [0.15, 0.2) is 0 Å². The Morgan fingerprint density at radius 2 is 0.934 bits per heavy atom. The van der Waals surface area contributed by atoms with Gasteiger partial charge in [0.05, 0.1) is 50.5 Å². The van der Waals surface area contributed by atoms with E-state index in [-0.39, 0.29) is 59.2 Å². The lowest BCUT2D eigenvalue weighted by atomic mass is 9.70. The van der Waals surface area contributed by atoms with Crippen molar-refractivity contribution in [2.24, 2.45) is 22.7 Å². The predicted octanol–water partition coefficient (Wildman–Crippen LogP) is 14.4. The minimum atomic E-state index is -4.75. The van der Waals surface area contributed by atoms with E-state index in [0.717, 1.165) is 71.7 Å². The van der Waals surface area contributed by atoms with E-state index in [1.165, 1.54) is 62.8 Å². The van der Waals surface area contributed by atoms with Crippen molar-refractivity contribution in [3.63, 3.8) is 0 Å². The molecule has 2 fully saturated rings. The van der Waals surface area contributed by atoms with Gasteiger partial charge in [0.2, 0.25) is 11.9 Å². The number of hydrogen-bond donors (Lipinski definition) is 2. The number of fused-ring (bicyclic) bond motifs is 2. The molecule has 0 amide bonds. The molecule has 4 atom stereocenters. The molecule has 2 N–H and O–H groups in total. The molecular formula is C56H68F6N6O8. The van der Waals surface area contributed by atoms with Crippen LogP contribution >= 0.6 is 0 Å². The molecule has 20 heteroatoms. The summed E-state index contributed by atoms with van der Waals surface area (Å²) in [5.74, 6) is 2.31. The number of hydrogen-bond acceptors (Lipinski definition) is 12. The van der Waals surface area contributed by atoms with Crippen LogP contribution in [-0.2, 0) is 31.9 Å². The van der Waals surface area contributed by atoms with E-state index in [0.29, 0.717) is 59.4 Å². The first-order chi connectivity index (χ1) is 35.7. The molecule has 412 valence electrons. The van der Waals surface area contributed by atoms with Crippen molar-refractivity contribution < 1.29 is 64.4 Å². The van der Waals surface area contributed by atoms with Crippen LogP contribution in [0.3, 0.4) is 0 Å². The molecule has 0 radical (unpaired) electrons. The normalized spacial score (nSPS) is 19.3. The fourth-order valence-corrected chi connectivity index (χ4v) is 11.4. The molecule has 0 spiro atoms. The zero-order valence-electron chi connectivity index (χ0n) is 44.6. The Labute approximate surface area is 438 Å². The smallest absolute Gasteiger partial charge is 0.496 e. The number of nitrogens with one attached hydrogen (secondary N) is 2. The lowest BCUT2D eigenvalue weighted by Gasteiger charge is -2.40. The Kier molecular flexibility index (Phi) is 17.3. The van der Waals surface area contributed by atoms with Crippen molar-refractivity contribution in [3.8, 4) is 23.0 Å². The summed E-state index contributed by atoms with van der Waals surface area (Å²) in [5, 5.41) is 6.62. The summed E-state index contributed by atoms with van der Waals surface area (Å²) in [6.45, 7) is 13.6. The number of halogens is 6. The molecule has 2 aromatic heterocycles. The lowest BCUT2D eigenvalue weighted by Crippen LogP contribution is -2.29. The third-order valence-electron chi connectivity index (χ3n) is 14.0. The number of nitrogens with zero attached hydrogens (tertiary/aromatic N) is 4. The van der Waals surface area contributed by atoms with Crippen LogP contribution in [0.1, 0.15) is 116 Å². The highest BCUT2D eigenvalue weighted by Gasteiger charge is 2.37. The summed E-state index contributed by atoms with van der Waals surface area (Å²) in [6.07, 6.45) is -2.12. The van der Waals surface area contributed by atoms with E-state index in [2.05, 4.69) is 70.8 Å². The number of carbonyl (C=O) groups excluding carboxylic acids is 2. The molecule has 6 aromatic rings. The van der Waals surface area contributed by atoms with Crippen molar-refractivity contribution in [1.82, 2.24) is 19.1 Å². The monoisotopic (exact) mass is 1070 g/mol. The van der Waals surface area contributed by atoms with E-state index in [4.69, 9.17) is 28.9 Å². The summed E-state index contributed by atoms with van der Waals surface area (Å²) in [6, 6.07) is 19.2. The fourth-order valence-electron chi connectivity index (χ4n) is 11.4. The van der Waals surface area contributed by atoms with Crippen LogP contribution in [0.15, 0.2) is 72.8 Å². The lowest BCUT2D eigenvalue weighted by molar-refractivity contribution is -0.275. The van der Waals surface area contributed by atoms with Crippen LogP contribution in [0, 0.1) is 22.7 Å². The number of esters is 2. The van der Waals surface area contributed by atoms with Crippen molar-refractivity contribution >= 4 is 57.3 Å². The number of anilines is 4. The quantitative estimate of drug-likeness (QED) is 0.0702. The fraction of sp³-hybridized carbons (Fsp3) is 0.500. The summed E-state index contributed by atoms with van der Waals surface area (Å²) < 4.78 is 109. The van der Waals surface area contributed by atoms with Crippen molar-refractivity contribution in [2.75, 3.05) is 39.1 Å². The molecule has 0 saturated heterocycles. The third kappa shape index (κ3) is 14.7. The van der Waals surface area contributed by atoms with Crippen molar-refractivity contribution in [3.05, 3.63) is 83.9 Å². The van der Waals surface area contributed by atoms with Gasteiger partial charge in [-0.1, -0.05) is 41.5 Å². The molecule has 0 bridgehead atoms. The number of imidazole rings is 2. The zero-order chi connectivity index (χ0) is 55.3. The van der Waals surface area contributed by atoms with Crippen molar-refractivity contribution in [2.45, 2.75) is 131 Å². The van der Waals surface area contributed by atoms with Gasteiger partial charge < -0.3 is 48.2 Å². The second-order valence-electron chi connectivity index (χ2n) is 21.6. The Morgan fingerprint density at radius 1 is 0.579 bits per heavy atom. The first-order valence-electron chi connectivity index (χ1n) is 25.3. The van der Waals surface area contributed by atoms with Gasteiger partial charge in [-0.2, -0.15) is 0 Å². The van der Waals surface area contributed by atoms with E-state index < -0.39 is 12.7 Å². The van der Waals surface area contributed by atoms with Crippen LogP contribution in [0.4, 0.5) is 49.6 Å². The Hall–Kier alpha value is -6.86. The topological polar surface area (TPSA) is 149 Å². The van der Waals surface area contributed by atoms with Crippen LogP contribution in [0.25, 0.3) is 22.1 Å². The van der Waals surface area contributed by atoms with Gasteiger partial charge in [0, 0.05) is 48.4 Å². The van der Waals surface area contributed by atoms with Gasteiger partial charge in [-0.3, -0.25) is 9.59 Å². The van der Waals surface area contributed by atoms with E-state index >= 15 is 0 Å². The molecule has 4 aromatic carbocycles. The van der Waals surface area contributed by atoms with Gasteiger partial charge in [0.25, 0.3) is 0 Å². The molecule has 8 rings (SSSR count). The average molecular weight is 1070 g/mol. The van der Waals surface area contributed by atoms with Gasteiger partial charge in [-0.15, -0.1) is 26.3 Å². The summed E-state index contributed by atoms with van der Waals surface area (Å²) in [4.78, 5) is 33.3. The maximum Gasteiger partial charge on any atom is 0.573 e. The summed E-state index contributed by atoms with van der Waals surface area (Å²) in [7, 11) is 5.91. The van der Waals surface area contributed by atoms with Gasteiger partial charge >= 0.3 is 24.7 Å². The molecule has 76 heavy (non-hydrogen) atoms. The number of rotatable bonds is 16. The number of carbonyl (C=O) groups is 2. The van der Waals surface area contributed by atoms with Crippen LogP contribution < -0.4 is 29.6 Å².